The Labute approximate surface area is 74.9 Å². The third kappa shape index (κ3) is 2.84. The second-order valence-electron chi connectivity index (χ2n) is 3.66. The summed E-state index contributed by atoms with van der Waals surface area (Å²) in [6, 6.07) is 0.0108. The average molecular weight is 197 g/mol. The van der Waals surface area contributed by atoms with E-state index in [1.54, 1.807) is 0 Å². The number of aliphatic hydroxyl groups is 1. The molecule has 1 atom stereocenters. The fourth-order valence-electron chi connectivity index (χ4n) is 1.73. The Balaban J connectivity index is 2.45. The Bertz CT molecular complexity index is 163. The summed E-state index contributed by atoms with van der Waals surface area (Å²) in [6.45, 7) is 0. The van der Waals surface area contributed by atoms with Gasteiger partial charge in [-0.1, -0.05) is 0 Å². The summed E-state index contributed by atoms with van der Waals surface area (Å²) < 4.78 is 36.1. The van der Waals surface area contributed by atoms with Gasteiger partial charge in [0.05, 0.1) is 0 Å². The Hall–Kier alpha value is -0.290. The van der Waals surface area contributed by atoms with E-state index in [0.717, 1.165) is 0 Å². The first-order chi connectivity index (χ1) is 5.91. The van der Waals surface area contributed by atoms with Crippen molar-refractivity contribution in [1.29, 1.82) is 0 Å². The summed E-state index contributed by atoms with van der Waals surface area (Å²) in [4.78, 5) is 0. The van der Waals surface area contributed by atoms with Crippen molar-refractivity contribution >= 4 is 0 Å². The average Bonchev–Trinajstić information content (AvgIpc) is 2.03. The van der Waals surface area contributed by atoms with Crippen molar-refractivity contribution in [2.45, 2.75) is 44.0 Å². The molecule has 0 amide bonds. The van der Waals surface area contributed by atoms with Crippen molar-refractivity contribution in [3.8, 4) is 0 Å². The Morgan fingerprint density at radius 1 is 1.15 bits per heavy atom. The largest absolute Gasteiger partial charge is 0.414 e. The van der Waals surface area contributed by atoms with Crippen molar-refractivity contribution in [3.63, 3.8) is 0 Å². The summed E-state index contributed by atoms with van der Waals surface area (Å²) >= 11 is 0. The number of nitrogens with two attached hydrogens (primary N) is 1. The molecule has 0 heterocycles. The van der Waals surface area contributed by atoms with Gasteiger partial charge in [-0.2, -0.15) is 13.2 Å². The third-order valence-corrected chi connectivity index (χ3v) is 2.60. The summed E-state index contributed by atoms with van der Waals surface area (Å²) in [5.74, 6) is -0.653. The topological polar surface area (TPSA) is 46.2 Å². The number of rotatable bonds is 1. The van der Waals surface area contributed by atoms with Crippen LogP contribution < -0.4 is 5.73 Å². The number of hydrogen-bond donors (Lipinski definition) is 2. The maximum Gasteiger partial charge on any atom is 0.414 e. The van der Waals surface area contributed by atoms with E-state index in [9.17, 15) is 13.2 Å². The van der Waals surface area contributed by atoms with E-state index in [0.29, 0.717) is 25.7 Å². The Morgan fingerprint density at radius 3 is 2.00 bits per heavy atom. The smallest absolute Gasteiger partial charge is 0.383 e. The molecule has 0 spiro atoms. The minimum Gasteiger partial charge on any atom is -0.383 e. The summed E-state index contributed by atoms with van der Waals surface area (Å²) in [5, 5.41) is 8.93. The van der Waals surface area contributed by atoms with Gasteiger partial charge < -0.3 is 10.8 Å². The Morgan fingerprint density at radius 2 is 1.62 bits per heavy atom. The first-order valence-corrected chi connectivity index (χ1v) is 4.41. The standard InChI is InChI=1S/C8H14F3NO/c9-8(10,11)7(13)5-1-3-6(12)4-2-5/h5-7,13H,1-4,12H2. The number of hydrogen-bond acceptors (Lipinski definition) is 2. The molecule has 1 aliphatic rings. The highest BCUT2D eigenvalue weighted by atomic mass is 19.4. The minimum atomic E-state index is -4.48. The van der Waals surface area contributed by atoms with Gasteiger partial charge in [0.2, 0.25) is 0 Å². The van der Waals surface area contributed by atoms with Crippen molar-refractivity contribution in [2.75, 3.05) is 0 Å². The molecule has 5 heteroatoms. The van der Waals surface area contributed by atoms with Crippen LogP contribution in [0.15, 0.2) is 0 Å². The van der Waals surface area contributed by atoms with Gasteiger partial charge in [-0.15, -0.1) is 0 Å². The predicted molar refractivity (Wildman–Crippen MR) is 42.0 cm³/mol. The van der Waals surface area contributed by atoms with Crippen molar-refractivity contribution in [3.05, 3.63) is 0 Å². The SMILES string of the molecule is NC1CCC(C(O)C(F)(F)F)CC1. The fourth-order valence-corrected chi connectivity index (χ4v) is 1.73. The van der Waals surface area contributed by atoms with Crippen LogP contribution in [0.5, 0.6) is 0 Å². The lowest BCUT2D eigenvalue weighted by Crippen LogP contribution is -2.39. The molecule has 1 fully saturated rings. The number of alkyl halides is 3. The number of halogens is 3. The molecule has 78 valence electrons. The molecular weight excluding hydrogens is 183 g/mol. The van der Waals surface area contributed by atoms with Crippen LogP contribution in [0.2, 0.25) is 0 Å². The molecule has 1 saturated carbocycles. The van der Waals surface area contributed by atoms with Crippen LogP contribution >= 0.6 is 0 Å². The van der Waals surface area contributed by atoms with Crippen LogP contribution in [0.4, 0.5) is 13.2 Å². The lowest BCUT2D eigenvalue weighted by Gasteiger charge is -2.30. The van der Waals surface area contributed by atoms with Gasteiger partial charge in [-0.3, -0.25) is 0 Å². The Kier molecular flexibility index (Phi) is 3.18. The van der Waals surface area contributed by atoms with Crippen molar-refractivity contribution < 1.29 is 18.3 Å². The molecule has 0 aliphatic heterocycles. The molecule has 1 unspecified atom stereocenters. The van der Waals surface area contributed by atoms with Gasteiger partial charge in [0.15, 0.2) is 6.10 Å². The zero-order valence-electron chi connectivity index (χ0n) is 7.22. The van der Waals surface area contributed by atoms with Gasteiger partial charge in [0, 0.05) is 6.04 Å². The maximum atomic E-state index is 12.0. The van der Waals surface area contributed by atoms with Crippen LogP contribution in [0.25, 0.3) is 0 Å². The van der Waals surface area contributed by atoms with Crippen molar-refractivity contribution in [2.24, 2.45) is 11.7 Å². The quantitative estimate of drug-likeness (QED) is 0.668. The normalized spacial score (nSPS) is 33.0. The first-order valence-electron chi connectivity index (χ1n) is 4.41. The van der Waals surface area contributed by atoms with E-state index in [-0.39, 0.29) is 6.04 Å². The van der Waals surface area contributed by atoms with Gasteiger partial charge in [0.1, 0.15) is 0 Å². The molecule has 3 N–H and O–H groups in total. The molecule has 2 nitrogen and oxygen atoms in total. The molecule has 0 radical (unpaired) electrons. The van der Waals surface area contributed by atoms with E-state index >= 15 is 0 Å². The highest BCUT2D eigenvalue weighted by Gasteiger charge is 2.43. The van der Waals surface area contributed by atoms with E-state index in [1.165, 1.54) is 0 Å². The van der Waals surface area contributed by atoms with Crippen LogP contribution in [-0.4, -0.2) is 23.4 Å². The van der Waals surface area contributed by atoms with E-state index in [4.69, 9.17) is 10.8 Å². The molecule has 0 bridgehead atoms. The molecule has 1 aliphatic carbocycles. The highest BCUT2D eigenvalue weighted by Crippen LogP contribution is 2.33. The fraction of sp³-hybridized carbons (Fsp3) is 1.00. The number of aliphatic hydroxyl groups excluding tert-OH is 1. The lowest BCUT2D eigenvalue weighted by atomic mass is 9.83. The van der Waals surface area contributed by atoms with Crippen molar-refractivity contribution in [1.82, 2.24) is 0 Å². The molecule has 0 aromatic heterocycles. The second kappa shape index (κ2) is 3.84. The second-order valence-corrected chi connectivity index (χ2v) is 3.66. The van der Waals surface area contributed by atoms with Crippen LogP contribution in [-0.2, 0) is 0 Å². The van der Waals surface area contributed by atoms with E-state index < -0.39 is 18.2 Å². The van der Waals surface area contributed by atoms with Crippen LogP contribution in [0.1, 0.15) is 25.7 Å². The van der Waals surface area contributed by atoms with Gasteiger partial charge in [-0.05, 0) is 31.6 Å². The summed E-state index contributed by atoms with van der Waals surface area (Å²) in [5.41, 5.74) is 5.54. The molecule has 0 aromatic carbocycles. The first kappa shape index (κ1) is 10.8. The highest BCUT2D eigenvalue weighted by molar-refractivity contribution is 4.82. The lowest BCUT2D eigenvalue weighted by molar-refractivity contribution is -0.222. The summed E-state index contributed by atoms with van der Waals surface area (Å²) in [6.07, 6.45) is -4.73. The van der Waals surface area contributed by atoms with E-state index in [1.807, 2.05) is 0 Å². The zero-order chi connectivity index (χ0) is 10.1. The van der Waals surface area contributed by atoms with Gasteiger partial charge in [-0.25, -0.2) is 0 Å². The minimum absolute atomic E-state index is 0.0108. The zero-order valence-corrected chi connectivity index (χ0v) is 7.22. The van der Waals surface area contributed by atoms with Crippen LogP contribution in [0, 0.1) is 5.92 Å². The van der Waals surface area contributed by atoms with E-state index in [2.05, 4.69) is 0 Å². The van der Waals surface area contributed by atoms with Crippen LogP contribution in [0.3, 0.4) is 0 Å². The van der Waals surface area contributed by atoms with Gasteiger partial charge >= 0.3 is 6.18 Å². The van der Waals surface area contributed by atoms with Gasteiger partial charge in [0.25, 0.3) is 0 Å². The molecular formula is C8H14F3NO. The maximum absolute atomic E-state index is 12.0. The molecule has 0 aromatic rings. The summed E-state index contributed by atoms with van der Waals surface area (Å²) in [7, 11) is 0. The molecule has 13 heavy (non-hydrogen) atoms. The molecule has 0 saturated heterocycles. The monoisotopic (exact) mass is 197 g/mol. The predicted octanol–water partition coefficient (Wildman–Crippen LogP) is 1.43. The third-order valence-electron chi connectivity index (χ3n) is 2.60. The molecule has 1 rings (SSSR count).